The van der Waals surface area contributed by atoms with E-state index in [1.54, 1.807) is 29.5 Å². The van der Waals surface area contributed by atoms with Crippen LogP contribution in [0, 0.1) is 0 Å². The SMILES string of the molecule is O=C1CCc2cc(C(=O)C=Cc3ccsc3)ccc2N1. The maximum atomic E-state index is 12.1. The van der Waals surface area contributed by atoms with Gasteiger partial charge in [0.1, 0.15) is 0 Å². The van der Waals surface area contributed by atoms with E-state index in [-0.39, 0.29) is 11.7 Å². The number of benzene rings is 1. The average molecular weight is 283 g/mol. The molecule has 1 aromatic carbocycles. The second-order valence-corrected chi connectivity index (χ2v) is 5.45. The third-order valence-electron chi connectivity index (χ3n) is 3.26. The number of anilines is 1. The predicted molar refractivity (Wildman–Crippen MR) is 81.1 cm³/mol. The van der Waals surface area contributed by atoms with Crippen LogP contribution in [-0.4, -0.2) is 11.7 Å². The van der Waals surface area contributed by atoms with Gasteiger partial charge in [-0.3, -0.25) is 9.59 Å². The van der Waals surface area contributed by atoms with Crippen LogP contribution < -0.4 is 5.32 Å². The van der Waals surface area contributed by atoms with Crippen LogP contribution in [0.25, 0.3) is 6.08 Å². The third kappa shape index (κ3) is 2.70. The highest BCUT2D eigenvalue weighted by molar-refractivity contribution is 7.08. The van der Waals surface area contributed by atoms with Crippen molar-refractivity contribution in [3.63, 3.8) is 0 Å². The highest BCUT2D eigenvalue weighted by atomic mass is 32.1. The lowest BCUT2D eigenvalue weighted by Gasteiger charge is -2.16. The van der Waals surface area contributed by atoms with Gasteiger partial charge in [0, 0.05) is 17.7 Å². The van der Waals surface area contributed by atoms with Crippen LogP contribution in [0.1, 0.15) is 27.9 Å². The molecule has 2 heterocycles. The molecule has 0 aliphatic carbocycles. The van der Waals surface area contributed by atoms with Gasteiger partial charge in [-0.15, -0.1) is 0 Å². The summed E-state index contributed by atoms with van der Waals surface area (Å²) < 4.78 is 0. The Bertz CT molecular complexity index is 687. The standard InChI is InChI=1S/C16H13NO2S/c18-15(5-1-11-7-8-20-10-11)13-2-4-14-12(9-13)3-6-16(19)17-14/h1-2,4-5,7-10H,3,6H2,(H,17,19). The lowest BCUT2D eigenvalue weighted by Crippen LogP contribution is -2.19. The highest BCUT2D eigenvalue weighted by Gasteiger charge is 2.15. The number of hydrogen-bond acceptors (Lipinski definition) is 3. The summed E-state index contributed by atoms with van der Waals surface area (Å²) in [7, 11) is 0. The molecule has 1 aliphatic heterocycles. The van der Waals surface area contributed by atoms with E-state index in [1.165, 1.54) is 0 Å². The predicted octanol–water partition coefficient (Wildman–Crippen LogP) is 3.53. The molecule has 3 nitrogen and oxygen atoms in total. The van der Waals surface area contributed by atoms with Gasteiger partial charge in [-0.25, -0.2) is 0 Å². The number of amides is 1. The Kier molecular flexibility index (Phi) is 3.48. The fraction of sp³-hybridized carbons (Fsp3) is 0.125. The van der Waals surface area contributed by atoms with Gasteiger partial charge >= 0.3 is 0 Å². The van der Waals surface area contributed by atoms with Gasteiger partial charge in [-0.2, -0.15) is 11.3 Å². The monoisotopic (exact) mass is 283 g/mol. The summed E-state index contributed by atoms with van der Waals surface area (Å²) in [6.07, 6.45) is 4.58. The average Bonchev–Trinajstić information content (AvgIpc) is 2.97. The highest BCUT2D eigenvalue weighted by Crippen LogP contribution is 2.24. The Balaban J connectivity index is 1.80. The molecule has 3 rings (SSSR count). The number of carbonyl (C=O) groups excluding carboxylic acids is 2. The summed E-state index contributed by atoms with van der Waals surface area (Å²) in [5, 5.41) is 6.78. The molecule has 0 radical (unpaired) electrons. The molecule has 0 unspecified atom stereocenters. The Morgan fingerprint density at radius 3 is 2.95 bits per heavy atom. The molecule has 0 fully saturated rings. The first-order valence-electron chi connectivity index (χ1n) is 6.40. The van der Waals surface area contributed by atoms with E-state index in [0.29, 0.717) is 18.4 Å². The normalized spacial score (nSPS) is 14.1. The van der Waals surface area contributed by atoms with Gasteiger partial charge in [-0.1, -0.05) is 6.08 Å². The molecule has 0 spiro atoms. The van der Waals surface area contributed by atoms with Gasteiger partial charge in [0.25, 0.3) is 0 Å². The van der Waals surface area contributed by atoms with Gasteiger partial charge in [0.2, 0.25) is 5.91 Å². The van der Waals surface area contributed by atoms with E-state index in [0.717, 1.165) is 16.8 Å². The van der Waals surface area contributed by atoms with Crippen molar-refractivity contribution in [3.8, 4) is 0 Å². The molecule has 1 N–H and O–H groups in total. The Morgan fingerprint density at radius 2 is 2.15 bits per heavy atom. The van der Waals surface area contributed by atoms with Crippen molar-refractivity contribution in [1.82, 2.24) is 0 Å². The van der Waals surface area contributed by atoms with E-state index in [9.17, 15) is 9.59 Å². The van der Waals surface area contributed by atoms with Crippen LogP contribution in [0.15, 0.2) is 41.1 Å². The Morgan fingerprint density at radius 1 is 1.25 bits per heavy atom. The quantitative estimate of drug-likeness (QED) is 0.692. The zero-order valence-corrected chi connectivity index (χ0v) is 11.6. The summed E-state index contributed by atoms with van der Waals surface area (Å²) in [4.78, 5) is 23.4. The molecule has 0 bridgehead atoms. The van der Waals surface area contributed by atoms with E-state index < -0.39 is 0 Å². The molecule has 1 aliphatic rings. The number of thiophene rings is 1. The first-order chi connectivity index (χ1) is 9.72. The summed E-state index contributed by atoms with van der Waals surface area (Å²) in [6.45, 7) is 0. The van der Waals surface area contributed by atoms with Crippen molar-refractivity contribution in [1.29, 1.82) is 0 Å². The summed E-state index contributed by atoms with van der Waals surface area (Å²) >= 11 is 1.60. The number of fused-ring (bicyclic) bond motifs is 1. The van der Waals surface area contributed by atoms with E-state index >= 15 is 0 Å². The minimum absolute atomic E-state index is 0.0177. The molecular formula is C16H13NO2S. The van der Waals surface area contributed by atoms with E-state index in [2.05, 4.69) is 5.32 Å². The zero-order valence-electron chi connectivity index (χ0n) is 10.8. The maximum Gasteiger partial charge on any atom is 0.224 e. The van der Waals surface area contributed by atoms with E-state index in [1.807, 2.05) is 29.0 Å². The number of hydrogen-bond donors (Lipinski definition) is 1. The van der Waals surface area contributed by atoms with Crippen molar-refractivity contribution >= 4 is 34.8 Å². The van der Waals surface area contributed by atoms with Crippen molar-refractivity contribution in [2.75, 3.05) is 5.32 Å². The molecule has 0 atom stereocenters. The number of carbonyl (C=O) groups is 2. The molecule has 0 saturated carbocycles. The van der Waals surface area contributed by atoms with Crippen LogP contribution in [0.2, 0.25) is 0 Å². The summed E-state index contributed by atoms with van der Waals surface area (Å²) in [5.74, 6) is 0.0184. The van der Waals surface area contributed by atoms with Crippen LogP contribution in [0.3, 0.4) is 0 Å². The molecule has 100 valence electrons. The molecule has 4 heteroatoms. The molecular weight excluding hydrogens is 270 g/mol. The number of allylic oxidation sites excluding steroid dienone is 1. The molecule has 20 heavy (non-hydrogen) atoms. The number of rotatable bonds is 3. The van der Waals surface area contributed by atoms with Crippen LogP contribution in [-0.2, 0) is 11.2 Å². The molecule has 1 aromatic heterocycles. The lowest BCUT2D eigenvalue weighted by atomic mass is 9.98. The Labute approximate surface area is 120 Å². The van der Waals surface area contributed by atoms with Crippen molar-refractivity contribution in [3.05, 3.63) is 57.8 Å². The van der Waals surface area contributed by atoms with Crippen molar-refractivity contribution in [2.24, 2.45) is 0 Å². The van der Waals surface area contributed by atoms with Gasteiger partial charge in [0.15, 0.2) is 5.78 Å². The molecule has 2 aromatic rings. The van der Waals surface area contributed by atoms with Crippen molar-refractivity contribution < 1.29 is 9.59 Å². The zero-order chi connectivity index (χ0) is 13.9. The minimum atomic E-state index is -0.0177. The second-order valence-electron chi connectivity index (χ2n) is 4.67. The minimum Gasteiger partial charge on any atom is -0.326 e. The number of ketones is 1. The third-order valence-corrected chi connectivity index (χ3v) is 3.96. The van der Waals surface area contributed by atoms with Crippen LogP contribution in [0.4, 0.5) is 5.69 Å². The Hall–Kier alpha value is -2.20. The summed E-state index contributed by atoms with van der Waals surface area (Å²) in [5.41, 5.74) is 3.54. The second kappa shape index (κ2) is 5.43. The van der Waals surface area contributed by atoms with E-state index in [4.69, 9.17) is 0 Å². The smallest absolute Gasteiger partial charge is 0.224 e. The summed E-state index contributed by atoms with van der Waals surface area (Å²) in [6, 6.07) is 7.40. The number of aryl methyl sites for hydroxylation is 1. The van der Waals surface area contributed by atoms with Crippen molar-refractivity contribution in [2.45, 2.75) is 12.8 Å². The van der Waals surface area contributed by atoms with Gasteiger partial charge in [-0.05, 0) is 58.6 Å². The first kappa shape index (κ1) is 12.8. The fourth-order valence-corrected chi connectivity index (χ4v) is 2.80. The fourth-order valence-electron chi connectivity index (χ4n) is 2.17. The van der Waals surface area contributed by atoms with Crippen LogP contribution >= 0.6 is 11.3 Å². The van der Waals surface area contributed by atoms with Gasteiger partial charge < -0.3 is 5.32 Å². The van der Waals surface area contributed by atoms with Gasteiger partial charge in [0.05, 0.1) is 0 Å². The molecule has 0 saturated heterocycles. The molecule has 1 amide bonds. The maximum absolute atomic E-state index is 12.1. The van der Waals surface area contributed by atoms with Crippen LogP contribution in [0.5, 0.6) is 0 Å². The number of nitrogens with one attached hydrogen (secondary N) is 1. The first-order valence-corrected chi connectivity index (χ1v) is 7.34. The lowest BCUT2D eigenvalue weighted by molar-refractivity contribution is -0.116. The topological polar surface area (TPSA) is 46.2 Å². The largest absolute Gasteiger partial charge is 0.326 e.